The average Bonchev–Trinajstić information content (AvgIpc) is 3.73. The molecule has 10 heteroatoms. The van der Waals surface area contributed by atoms with Crippen LogP contribution in [0.3, 0.4) is 0 Å². The number of aryl methyl sites for hydroxylation is 1. The fraction of sp³-hybridized carbons (Fsp3) is 0.303. The van der Waals surface area contributed by atoms with Crippen molar-refractivity contribution in [2.45, 2.75) is 45.1 Å². The van der Waals surface area contributed by atoms with Gasteiger partial charge in [0.25, 0.3) is 5.91 Å². The number of amides is 3. The quantitative estimate of drug-likeness (QED) is 0.216. The molecule has 8 nitrogen and oxygen atoms in total. The minimum absolute atomic E-state index is 0.0807. The largest absolute Gasteiger partial charge is 0.457 e. The van der Waals surface area contributed by atoms with Gasteiger partial charge in [0.2, 0.25) is 0 Å². The smallest absolute Gasteiger partial charge is 0.331 e. The van der Waals surface area contributed by atoms with Gasteiger partial charge in [0.1, 0.15) is 27.0 Å². The second-order valence-electron chi connectivity index (χ2n) is 11.5. The topological polar surface area (TPSA) is 86.8 Å². The number of halogens is 1. The highest BCUT2D eigenvalue weighted by molar-refractivity contribution is 7.21. The molecular formula is C33H32FN5O3S. The fourth-order valence-electron chi connectivity index (χ4n) is 5.89. The van der Waals surface area contributed by atoms with Crippen molar-refractivity contribution >= 4 is 50.6 Å². The predicted molar refractivity (Wildman–Crippen MR) is 167 cm³/mol. The van der Waals surface area contributed by atoms with E-state index in [9.17, 15) is 14.0 Å². The number of allylic oxidation sites excluding steroid dienone is 1. The maximum atomic E-state index is 14.4. The summed E-state index contributed by atoms with van der Waals surface area (Å²) in [7, 11) is 0. The van der Waals surface area contributed by atoms with Gasteiger partial charge in [0.15, 0.2) is 0 Å². The normalized spacial score (nSPS) is 18.5. The van der Waals surface area contributed by atoms with Gasteiger partial charge in [0.05, 0.1) is 22.4 Å². The van der Waals surface area contributed by atoms with Crippen LogP contribution in [0, 0.1) is 12.8 Å². The maximum Gasteiger partial charge on any atom is 0.331 e. The van der Waals surface area contributed by atoms with Crippen LogP contribution in [0.1, 0.15) is 47.3 Å². The van der Waals surface area contributed by atoms with E-state index in [1.807, 2.05) is 60.4 Å². The number of hydrogen-bond donors (Lipinski definition) is 2. The first-order chi connectivity index (χ1) is 20.9. The number of carbonyl (C=O) groups is 2. The van der Waals surface area contributed by atoms with Crippen LogP contribution in [0.4, 0.5) is 26.2 Å². The summed E-state index contributed by atoms with van der Waals surface area (Å²) in [6, 6.07) is 16.5. The summed E-state index contributed by atoms with van der Waals surface area (Å²) in [5.41, 5.74) is 2.71. The number of thiophene rings is 1. The van der Waals surface area contributed by atoms with Crippen LogP contribution in [0.5, 0.6) is 11.5 Å². The lowest BCUT2D eigenvalue weighted by atomic mass is 10.1. The standard InChI is InChI=1S/C33H32FN5O3S/c1-20-16-25(42-24-7-3-2-4-8-24)11-12-26(20)39-27-13-14-35-32-28(27)29(37-33(39)41)30(43-32)31(40)36-23-6-5-15-38(19-23)18-22(34)17-21-9-10-21/h2-4,7-8,11-14,16,18,21,23H,5-6,9-10,15,17,19H2,1H3,(H,36,40)(H,37,41). The first kappa shape index (κ1) is 27.4. The summed E-state index contributed by atoms with van der Waals surface area (Å²) >= 11 is 1.26. The number of aromatic nitrogens is 1. The monoisotopic (exact) mass is 597 g/mol. The van der Waals surface area contributed by atoms with Crippen LogP contribution in [0.2, 0.25) is 0 Å². The Morgan fingerprint density at radius 1 is 1.14 bits per heavy atom. The summed E-state index contributed by atoms with van der Waals surface area (Å²) in [5.74, 6) is 1.55. The van der Waals surface area contributed by atoms with E-state index in [-0.39, 0.29) is 23.8 Å². The summed E-state index contributed by atoms with van der Waals surface area (Å²) in [6.45, 7) is 3.26. The number of urea groups is 1. The Kier molecular flexibility index (Phi) is 7.22. The minimum atomic E-state index is -0.354. The van der Waals surface area contributed by atoms with Crippen molar-refractivity contribution in [1.82, 2.24) is 15.2 Å². The molecule has 7 rings (SSSR count). The van der Waals surface area contributed by atoms with Crippen molar-refractivity contribution in [3.8, 4) is 11.5 Å². The minimum Gasteiger partial charge on any atom is -0.457 e. The Balaban J connectivity index is 1.12. The lowest BCUT2D eigenvalue weighted by Gasteiger charge is -2.32. The van der Waals surface area contributed by atoms with Gasteiger partial charge in [0, 0.05) is 37.9 Å². The van der Waals surface area contributed by atoms with Gasteiger partial charge >= 0.3 is 6.03 Å². The molecule has 0 spiro atoms. The number of carbonyl (C=O) groups excluding carboxylic acids is 2. The number of hydrogen-bond acceptors (Lipinski definition) is 6. The van der Waals surface area contributed by atoms with Gasteiger partial charge in [-0.25, -0.2) is 14.2 Å². The van der Waals surface area contributed by atoms with Crippen molar-refractivity contribution in [1.29, 1.82) is 0 Å². The van der Waals surface area contributed by atoms with Crippen LogP contribution in [-0.4, -0.2) is 41.0 Å². The molecule has 1 aliphatic carbocycles. The molecule has 43 heavy (non-hydrogen) atoms. The lowest BCUT2D eigenvalue weighted by Crippen LogP contribution is -2.46. The Morgan fingerprint density at radius 2 is 1.98 bits per heavy atom. The van der Waals surface area contributed by atoms with Crippen molar-refractivity contribution < 1.29 is 18.7 Å². The number of anilines is 3. The number of ether oxygens (including phenoxy) is 1. The maximum absolute atomic E-state index is 14.4. The van der Waals surface area contributed by atoms with Crippen LogP contribution in [0.25, 0.3) is 10.2 Å². The summed E-state index contributed by atoms with van der Waals surface area (Å²) in [5, 5.41) is 6.84. The molecular weight excluding hydrogens is 565 g/mol. The molecule has 1 saturated heterocycles. The van der Waals surface area contributed by atoms with Crippen molar-refractivity contribution in [3.63, 3.8) is 0 Å². The van der Waals surface area contributed by atoms with Gasteiger partial charge in [-0.05, 0) is 80.5 Å². The van der Waals surface area contributed by atoms with E-state index >= 15 is 0 Å². The second-order valence-corrected chi connectivity index (χ2v) is 12.5. The number of nitrogens with zero attached hydrogens (tertiary/aromatic N) is 3. The van der Waals surface area contributed by atoms with Gasteiger partial charge in [-0.2, -0.15) is 0 Å². The Hall–Kier alpha value is -4.44. The van der Waals surface area contributed by atoms with Gasteiger partial charge in [-0.3, -0.25) is 9.69 Å². The second kappa shape index (κ2) is 11.3. The van der Waals surface area contributed by atoms with E-state index in [2.05, 4.69) is 15.6 Å². The van der Waals surface area contributed by atoms with E-state index < -0.39 is 0 Å². The summed E-state index contributed by atoms with van der Waals surface area (Å²) in [4.78, 5) is 36.4. The van der Waals surface area contributed by atoms with Crippen LogP contribution < -0.4 is 20.3 Å². The van der Waals surface area contributed by atoms with E-state index in [0.29, 0.717) is 51.4 Å². The third-order valence-corrected chi connectivity index (χ3v) is 9.23. The molecule has 220 valence electrons. The molecule has 2 N–H and O–H groups in total. The predicted octanol–water partition coefficient (Wildman–Crippen LogP) is 7.89. The highest BCUT2D eigenvalue weighted by atomic mass is 32.1. The molecule has 1 atom stereocenters. The van der Waals surface area contributed by atoms with E-state index in [0.717, 1.165) is 48.9 Å². The van der Waals surface area contributed by atoms with Crippen LogP contribution in [-0.2, 0) is 0 Å². The third kappa shape index (κ3) is 5.67. The number of pyridine rings is 1. The van der Waals surface area contributed by atoms with E-state index in [1.165, 1.54) is 11.3 Å². The molecule has 1 saturated carbocycles. The highest BCUT2D eigenvalue weighted by Crippen LogP contribution is 2.46. The molecule has 2 aliphatic heterocycles. The van der Waals surface area contributed by atoms with Gasteiger partial charge < -0.3 is 20.3 Å². The average molecular weight is 598 g/mol. The number of likely N-dealkylation sites (tertiary alicyclic amines) is 1. The molecule has 2 aromatic carbocycles. The molecule has 3 amide bonds. The number of para-hydroxylation sites is 1. The van der Waals surface area contributed by atoms with E-state index in [4.69, 9.17) is 4.74 Å². The van der Waals surface area contributed by atoms with Crippen LogP contribution >= 0.6 is 11.3 Å². The zero-order chi connectivity index (χ0) is 29.5. The van der Waals surface area contributed by atoms with Gasteiger partial charge in [-0.15, -0.1) is 11.3 Å². The third-order valence-electron chi connectivity index (χ3n) is 8.13. The SMILES string of the molecule is Cc1cc(Oc2ccccc2)ccc1N1C(=O)Nc2c(C(=O)NC3CCCN(C=C(F)CC4CC4)C3)sc3nccc1c23. The zero-order valence-corrected chi connectivity index (χ0v) is 24.6. The summed E-state index contributed by atoms with van der Waals surface area (Å²) < 4.78 is 20.4. The summed E-state index contributed by atoms with van der Waals surface area (Å²) in [6.07, 6.45) is 7.69. The van der Waals surface area contributed by atoms with Crippen molar-refractivity contribution in [2.75, 3.05) is 23.3 Å². The number of rotatable bonds is 8. The first-order valence-electron chi connectivity index (χ1n) is 14.7. The Labute approximate surface area is 253 Å². The molecule has 3 aliphatic rings. The number of nitrogens with one attached hydrogen (secondary N) is 2. The van der Waals surface area contributed by atoms with Crippen molar-refractivity contribution in [3.05, 3.63) is 83.3 Å². The Bertz CT molecular complexity index is 1740. The van der Waals surface area contributed by atoms with Gasteiger partial charge in [-0.1, -0.05) is 18.2 Å². The van der Waals surface area contributed by atoms with Crippen molar-refractivity contribution in [2.24, 2.45) is 5.92 Å². The highest BCUT2D eigenvalue weighted by Gasteiger charge is 2.34. The molecule has 2 fully saturated rings. The number of benzene rings is 2. The molecule has 4 aromatic rings. The molecule has 0 bridgehead atoms. The molecule has 2 aromatic heterocycles. The van der Waals surface area contributed by atoms with E-state index in [1.54, 1.807) is 23.4 Å². The fourth-order valence-corrected chi connectivity index (χ4v) is 6.91. The van der Waals surface area contributed by atoms with Crippen LogP contribution in [0.15, 0.2) is 72.8 Å². The number of piperidine rings is 1. The zero-order valence-electron chi connectivity index (χ0n) is 23.8. The molecule has 0 radical (unpaired) electrons. The molecule has 4 heterocycles. The Morgan fingerprint density at radius 3 is 2.77 bits per heavy atom. The molecule has 1 unspecified atom stereocenters. The lowest BCUT2D eigenvalue weighted by molar-refractivity contribution is 0.0921. The first-order valence-corrected chi connectivity index (χ1v) is 15.5.